The van der Waals surface area contributed by atoms with Gasteiger partial charge in [-0.2, -0.15) is 0 Å². The molecule has 2 aromatic heterocycles. The number of para-hydroxylation sites is 1. The van der Waals surface area contributed by atoms with Crippen molar-refractivity contribution < 1.29 is 5.11 Å². The van der Waals surface area contributed by atoms with Crippen molar-refractivity contribution in [2.24, 2.45) is 0 Å². The Kier molecular flexibility index (Phi) is 2.64. The Morgan fingerprint density at radius 2 is 2.11 bits per heavy atom. The van der Waals surface area contributed by atoms with Gasteiger partial charge in [-0.15, -0.1) is 0 Å². The minimum atomic E-state index is -0.0935. The minimum absolute atomic E-state index is 0.0163. The quantitative estimate of drug-likeness (QED) is 0.760. The van der Waals surface area contributed by atoms with E-state index in [2.05, 4.69) is 4.98 Å². The van der Waals surface area contributed by atoms with Gasteiger partial charge in [-0.1, -0.05) is 12.1 Å². The molecule has 3 aromatic rings. The average molecular weight is 257 g/mol. The maximum atomic E-state index is 12.5. The second-order valence-corrected chi connectivity index (χ2v) is 4.86. The molecule has 0 aliphatic rings. The van der Waals surface area contributed by atoms with Gasteiger partial charge in [0.25, 0.3) is 5.56 Å². The van der Waals surface area contributed by atoms with Gasteiger partial charge in [0.15, 0.2) is 0 Å². The maximum absolute atomic E-state index is 12.5. The molecule has 0 fully saturated rings. The topological polar surface area (TPSA) is 59.5 Å². The first-order chi connectivity index (χ1) is 9.15. The molecule has 0 atom stereocenters. The Balaban J connectivity index is 2.66. The zero-order chi connectivity index (χ0) is 13.6. The van der Waals surface area contributed by atoms with Gasteiger partial charge in [0.05, 0.1) is 30.2 Å². The number of nitrogens with zero attached hydrogens (tertiary/aromatic N) is 3. The van der Waals surface area contributed by atoms with E-state index < -0.39 is 0 Å². The fourth-order valence-electron chi connectivity index (χ4n) is 2.54. The van der Waals surface area contributed by atoms with Crippen molar-refractivity contribution in [3.8, 4) is 0 Å². The van der Waals surface area contributed by atoms with Gasteiger partial charge in [-0.05, 0) is 19.9 Å². The second kappa shape index (κ2) is 4.20. The predicted molar refractivity (Wildman–Crippen MR) is 73.3 cm³/mol. The molecule has 0 unspecified atom stereocenters. The molecule has 1 N–H and O–H groups in total. The van der Waals surface area contributed by atoms with E-state index >= 15 is 0 Å². The number of imidazole rings is 1. The molecule has 19 heavy (non-hydrogen) atoms. The van der Waals surface area contributed by atoms with E-state index in [-0.39, 0.29) is 18.2 Å². The van der Waals surface area contributed by atoms with Gasteiger partial charge >= 0.3 is 0 Å². The van der Waals surface area contributed by atoms with Crippen LogP contribution in [-0.2, 0) is 6.61 Å². The number of benzene rings is 1. The van der Waals surface area contributed by atoms with Crippen molar-refractivity contribution in [1.82, 2.24) is 14.0 Å². The maximum Gasteiger partial charge on any atom is 0.277 e. The standard InChI is InChI=1S/C14H15N3O2/c1-9(2)17-13-10(7-18)4-3-5-11(13)16-8-15-6-12(16)14(17)19/h3-6,8-9,18H,7H2,1-2H3. The monoisotopic (exact) mass is 257 g/mol. The van der Waals surface area contributed by atoms with Crippen LogP contribution in [0.15, 0.2) is 35.5 Å². The van der Waals surface area contributed by atoms with Crippen LogP contribution in [0.25, 0.3) is 16.6 Å². The van der Waals surface area contributed by atoms with Crippen LogP contribution in [0.2, 0.25) is 0 Å². The highest BCUT2D eigenvalue weighted by Gasteiger charge is 2.15. The molecule has 0 aliphatic carbocycles. The highest BCUT2D eigenvalue weighted by atomic mass is 16.3. The molecule has 0 aliphatic heterocycles. The Morgan fingerprint density at radius 1 is 1.32 bits per heavy atom. The zero-order valence-corrected chi connectivity index (χ0v) is 10.9. The van der Waals surface area contributed by atoms with Crippen LogP contribution in [0.5, 0.6) is 0 Å². The Labute approximate surface area is 109 Å². The summed E-state index contributed by atoms with van der Waals surface area (Å²) < 4.78 is 3.49. The first-order valence-corrected chi connectivity index (χ1v) is 6.24. The molecule has 1 aromatic carbocycles. The molecule has 0 spiro atoms. The highest BCUT2D eigenvalue weighted by molar-refractivity contribution is 5.82. The molecule has 5 heteroatoms. The van der Waals surface area contributed by atoms with Gasteiger partial charge in [0.2, 0.25) is 0 Å². The number of aliphatic hydroxyl groups excluding tert-OH is 1. The Hall–Kier alpha value is -2.14. The Morgan fingerprint density at radius 3 is 2.79 bits per heavy atom. The molecule has 5 nitrogen and oxygen atoms in total. The van der Waals surface area contributed by atoms with Gasteiger partial charge in [0, 0.05) is 11.6 Å². The molecule has 0 bridgehead atoms. The van der Waals surface area contributed by atoms with Crippen molar-refractivity contribution in [2.45, 2.75) is 26.5 Å². The van der Waals surface area contributed by atoms with Crippen LogP contribution < -0.4 is 5.56 Å². The fraction of sp³-hybridized carbons (Fsp3) is 0.286. The van der Waals surface area contributed by atoms with E-state index in [0.29, 0.717) is 5.52 Å². The highest BCUT2D eigenvalue weighted by Crippen LogP contribution is 2.21. The van der Waals surface area contributed by atoms with E-state index in [1.807, 2.05) is 32.0 Å². The second-order valence-electron chi connectivity index (χ2n) is 4.86. The molecule has 0 saturated heterocycles. The summed E-state index contributed by atoms with van der Waals surface area (Å²) in [5.41, 5.74) is 2.87. The smallest absolute Gasteiger partial charge is 0.277 e. The van der Waals surface area contributed by atoms with Crippen LogP contribution >= 0.6 is 0 Å². The lowest BCUT2D eigenvalue weighted by atomic mass is 10.1. The molecule has 2 heterocycles. The predicted octanol–water partition coefficient (Wildman–Crippen LogP) is 1.72. The van der Waals surface area contributed by atoms with E-state index in [0.717, 1.165) is 16.6 Å². The third-order valence-corrected chi connectivity index (χ3v) is 3.36. The lowest BCUT2D eigenvalue weighted by molar-refractivity contribution is 0.282. The lowest BCUT2D eigenvalue weighted by Gasteiger charge is -2.17. The van der Waals surface area contributed by atoms with Gasteiger partial charge in [0.1, 0.15) is 5.52 Å². The molecule has 0 saturated carbocycles. The van der Waals surface area contributed by atoms with Crippen LogP contribution in [0.3, 0.4) is 0 Å². The molecule has 0 radical (unpaired) electrons. The number of hydrogen-bond donors (Lipinski definition) is 1. The van der Waals surface area contributed by atoms with E-state index in [9.17, 15) is 9.90 Å². The molecular weight excluding hydrogens is 242 g/mol. The first kappa shape index (κ1) is 11.9. The summed E-state index contributed by atoms with van der Waals surface area (Å²) in [6.07, 6.45) is 3.21. The number of hydrogen-bond acceptors (Lipinski definition) is 3. The molecule has 3 rings (SSSR count). The van der Waals surface area contributed by atoms with Crippen LogP contribution in [0.1, 0.15) is 25.5 Å². The fourth-order valence-corrected chi connectivity index (χ4v) is 2.54. The number of rotatable bonds is 2. The van der Waals surface area contributed by atoms with Crippen LogP contribution in [0, 0.1) is 0 Å². The van der Waals surface area contributed by atoms with E-state index in [1.54, 1.807) is 21.5 Å². The third kappa shape index (κ3) is 1.58. The molecule has 0 amide bonds. The summed E-state index contributed by atoms with van der Waals surface area (Å²) in [5.74, 6) is 0. The van der Waals surface area contributed by atoms with Crippen molar-refractivity contribution in [1.29, 1.82) is 0 Å². The largest absolute Gasteiger partial charge is 0.392 e. The first-order valence-electron chi connectivity index (χ1n) is 6.24. The van der Waals surface area contributed by atoms with Crippen molar-refractivity contribution in [2.75, 3.05) is 0 Å². The third-order valence-electron chi connectivity index (χ3n) is 3.36. The van der Waals surface area contributed by atoms with E-state index in [4.69, 9.17) is 0 Å². The number of fused-ring (bicyclic) bond motifs is 3. The number of aromatic nitrogens is 3. The van der Waals surface area contributed by atoms with Crippen molar-refractivity contribution in [3.05, 3.63) is 46.6 Å². The summed E-state index contributed by atoms with van der Waals surface area (Å²) in [6.45, 7) is 3.83. The number of aliphatic hydroxyl groups is 1. The van der Waals surface area contributed by atoms with Gasteiger partial charge in [-0.25, -0.2) is 4.98 Å². The Bertz CT molecular complexity index is 815. The molecule has 98 valence electrons. The summed E-state index contributed by atoms with van der Waals surface area (Å²) in [5, 5.41) is 9.52. The van der Waals surface area contributed by atoms with Crippen molar-refractivity contribution >= 4 is 16.6 Å². The van der Waals surface area contributed by atoms with Gasteiger partial charge < -0.3 is 9.67 Å². The van der Waals surface area contributed by atoms with E-state index in [1.165, 1.54) is 0 Å². The van der Waals surface area contributed by atoms with Crippen LogP contribution in [-0.4, -0.2) is 19.1 Å². The normalized spacial score (nSPS) is 11.8. The minimum Gasteiger partial charge on any atom is -0.392 e. The van der Waals surface area contributed by atoms with Crippen molar-refractivity contribution in [3.63, 3.8) is 0 Å². The molecular formula is C14H15N3O2. The zero-order valence-electron chi connectivity index (χ0n) is 10.9. The van der Waals surface area contributed by atoms with Crippen LogP contribution in [0.4, 0.5) is 0 Å². The summed E-state index contributed by atoms with van der Waals surface area (Å²) in [6, 6.07) is 5.66. The summed E-state index contributed by atoms with van der Waals surface area (Å²) >= 11 is 0. The SMILES string of the molecule is CC(C)n1c(=O)c2cncn2c2cccc(CO)c21. The van der Waals surface area contributed by atoms with Gasteiger partial charge in [-0.3, -0.25) is 9.20 Å². The summed E-state index contributed by atoms with van der Waals surface area (Å²) in [7, 11) is 0. The average Bonchev–Trinajstić information content (AvgIpc) is 2.88. The lowest BCUT2D eigenvalue weighted by Crippen LogP contribution is -2.25. The summed E-state index contributed by atoms with van der Waals surface area (Å²) in [4.78, 5) is 16.6.